The molecule has 1 N–H and O–H groups in total. The Labute approximate surface area is 203 Å². The topological polar surface area (TPSA) is 82.1 Å². The lowest BCUT2D eigenvalue weighted by Crippen LogP contribution is -2.39. The van der Waals surface area contributed by atoms with Gasteiger partial charge in [-0.15, -0.1) is 0 Å². The number of halogens is 2. The zero-order valence-corrected chi connectivity index (χ0v) is 20.3. The first kappa shape index (κ1) is 24.6. The summed E-state index contributed by atoms with van der Waals surface area (Å²) in [6, 6.07) is 19.7. The number of carbonyl (C=O) groups is 1. The molecule has 0 aliphatic carbocycles. The molecule has 172 valence electrons. The largest absolute Gasteiger partial charge is 0.378 e. The third kappa shape index (κ3) is 6.25. The van der Waals surface area contributed by atoms with Crippen molar-refractivity contribution in [2.45, 2.75) is 4.90 Å². The SMILES string of the molecule is CN(C)c1ccc(/C=N/NC(=O)CN(c2ccc(Cl)c(Cl)c2)S(=O)(=O)c2ccccc2)cc1. The van der Waals surface area contributed by atoms with E-state index in [1.165, 1.54) is 36.5 Å². The third-order valence-electron chi connectivity index (χ3n) is 4.62. The first-order valence-corrected chi connectivity index (χ1v) is 12.0. The van der Waals surface area contributed by atoms with Gasteiger partial charge in [0, 0.05) is 19.8 Å². The molecule has 7 nitrogen and oxygen atoms in total. The van der Waals surface area contributed by atoms with Crippen molar-refractivity contribution in [3.05, 3.63) is 88.4 Å². The molecule has 10 heteroatoms. The number of sulfonamides is 1. The molecular weight excluding hydrogens is 483 g/mol. The minimum Gasteiger partial charge on any atom is -0.378 e. The molecule has 33 heavy (non-hydrogen) atoms. The van der Waals surface area contributed by atoms with E-state index in [4.69, 9.17) is 23.2 Å². The van der Waals surface area contributed by atoms with Crippen LogP contribution in [-0.2, 0) is 14.8 Å². The molecule has 0 aliphatic rings. The molecule has 3 aromatic rings. The minimum absolute atomic E-state index is 0.0355. The number of anilines is 2. The molecule has 0 bridgehead atoms. The Bertz CT molecular complexity index is 1250. The minimum atomic E-state index is -4.05. The number of nitrogens with one attached hydrogen (secondary N) is 1. The van der Waals surface area contributed by atoms with Crippen molar-refractivity contribution in [2.24, 2.45) is 5.10 Å². The summed E-state index contributed by atoms with van der Waals surface area (Å²) >= 11 is 12.1. The zero-order chi connectivity index (χ0) is 24.0. The Morgan fingerprint density at radius 1 is 0.939 bits per heavy atom. The highest BCUT2D eigenvalue weighted by molar-refractivity contribution is 7.92. The third-order valence-corrected chi connectivity index (χ3v) is 7.15. The average Bonchev–Trinajstić information content (AvgIpc) is 2.80. The molecule has 0 radical (unpaired) electrons. The Balaban J connectivity index is 1.81. The second-order valence-corrected chi connectivity index (χ2v) is 9.88. The van der Waals surface area contributed by atoms with Crippen LogP contribution in [-0.4, -0.2) is 41.2 Å². The summed E-state index contributed by atoms with van der Waals surface area (Å²) in [6.07, 6.45) is 1.48. The second-order valence-electron chi connectivity index (χ2n) is 7.20. The van der Waals surface area contributed by atoms with Gasteiger partial charge in [0.05, 0.1) is 26.8 Å². The van der Waals surface area contributed by atoms with Gasteiger partial charge in [0.15, 0.2) is 0 Å². The number of hydrazone groups is 1. The Morgan fingerprint density at radius 3 is 2.18 bits per heavy atom. The first-order chi connectivity index (χ1) is 15.7. The number of benzene rings is 3. The highest BCUT2D eigenvalue weighted by atomic mass is 35.5. The predicted octanol–water partition coefficient (Wildman–Crippen LogP) is 4.41. The number of hydrogen-bond acceptors (Lipinski definition) is 5. The van der Waals surface area contributed by atoms with Gasteiger partial charge in [-0.2, -0.15) is 5.10 Å². The molecule has 0 spiro atoms. The molecular formula is C23H22Cl2N4O3S. The standard InChI is InChI=1S/C23H22Cl2N4O3S/c1-28(2)18-10-8-17(9-11-18)15-26-27-23(30)16-29(19-12-13-21(24)22(25)14-19)33(31,32)20-6-4-3-5-7-20/h3-15H,16H2,1-2H3,(H,27,30)/b26-15+. The highest BCUT2D eigenvalue weighted by Gasteiger charge is 2.27. The molecule has 0 saturated heterocycles. The summed E-state index contributed by atoms with van der Waals surface area (Å²) in [6.45, 7) is -0.508. The van der Waals surface area contributed by atoms with Gasteiger partial charge < -0.3 is 4.90 Å². The maximum absolute atomic E-state index is 13.3. The van der Waals surface area contributed by atoms with Gasteiger partial charge in [-0.25, -0.2) is 13.8 Å². The van der Waals surface area contributed by atoms with E-state index in [0.717, 1.165) is 15.6 Å². The van der Waals surface area contributed by atoms with Gasteiger partial charge in [-0.05, 0) is 48.0 Å². The fraction of sp³-hybridized carbons (Fsp3) is 0.130. The quantitative estimate of drug-likeness (QED) is 0.364. The van der Waals surface area contributed by atoms with Gasteiger partial charge in [-0.1, -0.05) is 53.5 Å². The number of carbonyl (C=O) groups excluding carboxylic acids is 1. The van der Waals surface area contributed by atoms with Crippen LogP contribution in [0.15, 0.2) is 82.8 Å². The smallest absolute Gasteiger partial charge is 0.264 e. The maximum Gasteiger partial charge on any atom is 0.264 e. The number of rotatable bonds is 8. The van der Waals surface area contributed by atoms with E-state index >= 15 is 0 Å². The normalized spacial score (nSPS) is 11.4. The summed E-state index contributed by atoms with van der Waals surface area (Å²) < 4.78 is 27.5. The van der Waals surface area contributed by atoms with E-state index < -0.39 is 22.5 Å². The molecule has 1 amide bonds. The molecule has 0 fully saturated rings. The maximum atomic E-state index is 13.3. The monoisotopic (exact) mass is 504 g/mol. The van der Waals surface area contributed by atoms with Crippen LogP contribution in [0.25, 0.3) is 0 Å². The van der Waals surface area contributed by atoms with Crippen LogP contribution in [0, 0.1) is 0 Å². The Hall–Kier alpha value is -3.07. The Kier molecular flexibility index (Phi) is 7.97. The summed E-state index contributed by atoms with van der Waals surface area (Å²) in [5.74, 6) is -0.623. The van der Waals surface area contributed by atoms with Crippen LogP contribution in [0.2, 0.25) is 10.0 Å². The fourth-order valence-electron chi connectivity index (χ4n) is 2.88. The lowest BCUT2D eigenvalue weighted by atomic mass is 10.2. The highest BCUT2D eigenvalue weighted by Crippen LogP contribution is 2.30. The van der Waals surface area contributed by atoms with Crippen LogP contribution in [0.3, 0.4) is 0 Å². The lowest BCUT2D eigenvalue weighted by Gasteiger charge is -2.24. The fourth-order valence-corrected chi connectivity index (χ4v) is 4.60. The van der Waals surface area contributed by atoms with Gasteiger partial charge in [0.2, 0.25) is 0 Å². The number of nitrogens with zero attached hydrogens (tertiary/aromatic N) is 3. The molecule has 0 aliphatic heterocycles. The molecule has 3 rings (SSSR count). The van der Waals surface area contributed by atoms with E-state index in [-0.39, 0.29) is 20.6 Å². The van der Waals surface area contributed by atoms with E-state index in [9.17, 15) is 13.2 Å². The van der Waals surface area contributed by atoms with Crippen LogP contribution < -0.4 is 14.6 Å². The average molecular weight is 505 g/mol. The molecule has 3 aromatic carbocycles. The van der Waals surface area contributed by atoms with Crippen LogP contribution in [0.5, 0.6) is 0 Å². The lowest BCUT2D eigenvalue weighted by molar-refractivity contribution is -0.119. The van der Waals surface area contributed by atoms with Crippen molar-refractivity contribution < 1.29 is 13.2 Å². The van der Waals surface area contributed by atoms with E-state index in [2.05, 4.69) is 10.5 Å². The molecule has 0 atom stereocenters. The van der Waals surface area contributed by atoms with Crippen molar-refractivity contribution in [2.75, 3.05) is 29.8 Å². The summed E-state index contributed by atoms with van der Waals surface area (Å²) in [5, 5.41) is 4.38. The van der Waals surface area contributed by atoms with Crippen LogP contribution in [0.4, 0.5) is 11.4 Å². The first-order valence-electron chi connectivity index (χ1n) is 9.80. The van der Waals surface area contributed by atoms with E-state index in [1.54, 1.807) is 18.2 Å². The van der Waals surface area contributed by atoms with E-state index in [0.29, 0.717) is 0 Å². The number of hydrogen-bond donors (Lipinski definition) is 1. The van der Waals surface area contributed by atoms with Crippen molar-refractivity contribution in [1.29, 1.82) is 0 Å². The second kappa shape index (κ2) is 10.7. The summed E-state index contributed by atoms with van der Waals surface area (Å²) in [4.78, 5) is 14.6. The number of amides is 1. The van der Waals surface area contributed by atoms with Crippen LogP contribution >= 0.6 is 23.2 Å². The van der Waals surface area contributed by atoms with Crippen molar-refractivity contribution in [1.82, 2.24) is 5.43 Å². The molecule has 0 unspecified atom stereocenters. The van der Waals surface area contributed by atoms with Crippen molar-refractivity contribution >= 4 is 56.7 Å². The van der Waals surface area contributed by atoms with Crippen molar-refractivity contribution in [3.63, 3.8) is 0 Å². The predicted molar refractivity (Wildman–Crippen MR) is 134 cm³/mol. The Morgan fingerprint density at radius 2 is 1.58 bits per heavy atom. The molecule has 0 saturated carbocycles. The van der Waals surface area contributed by atoms with E-state index in [1.807, 2.05) is 43.3 Å². The van der Waals surface area contributed by atoms with Crippen LogP contribution in [0.1, 0.15) is 5.56 Å². The molecule has 0 heterocycles. The van der Waals surface area contributed by atoms with Gasteiger partial charge in [-0.3, -0.25) is 9.10 Å². The molecule has 0 aromatic heterocycles. The van der Waals surface area contributed by atoms with Gasteiger partial charge in [0.25, 0.3) is 15.9 Å². The van der Waals surface area contributed by atoms with Gasteiger partial charge >= 0.3 is 0 Å². The summed E-state index contributed by atoms with van der Waals surface area (Å²) in [5.41, 5.74) is 4.38. The summed E-state index contributed by atoms with van der Waals surface area (Å²) in [7, 11) is -0.181. The van der Waals surface area contributed by atoms with Gasteiger partial charge in [0.1, 0.15) is 6.54 Å². The zero-order valence-electron chi connectivity index (χ0n) is 17.9. The van der Waals surface area contributed by atoms with Crippen molar-refractivity contribution in [3.8, 4) is 0 Å².